The Labute approximate surface area is 173 Å². The molecule has 7 heteroatoms. The molecule has 2 aromatic carbocycles. The van der Waals surface area contributed by atoms with Crippen LogP contribution in [-0.2, 0) is 0 Å². The number of fused-ring (bicyclic) bond motifs is 1. The lowest BCUT2D eigenvalue weighted by Gasteiger charge is -2.19. The van der Waals surface area contributed by atoms with Gasteiger partial charge in [-0.3, -0.25) is 0 Å². The van der Waals surface area contributed by atoms with Gasteiger partial charge in [0.15, 0.2) is 11.5 Å². The molecular formula is C22H20ClN3O3. The smallest absolute Gasteiger partial charge is 0.231 e. The molecule has 29 heavy (non-hydrogen) atoms. The van der Waals surface area contributed by atoms with Crippen LogP contribution in [0.15, 0.2) is 48.5 Å². The minimum absolute atomic E-state index is 0.133. The Hall–Kier alpha value is -2.96. The molecule has 1 aromatic heterocycles. The van der Waals surface area contributed by atoms with Crippen LogP contribution in [-0.4, -0.2) is 36.0 Å². The number of benzene rings is 2. The molecule has 3 heterocycles. The molecule has 0 amide bonds. The molecule has 0 radical (unpaired) electrons. The van der Waals surface area contributed by atoms with E-state index in [9.17, 15) is 5.11 Å². The number of phenolic OH excluding ortho intramolecular Hbond substituents is 1. The average Bonchev–Trinajstić information content (AvgIpc) is 3.37. The largest absolute Gasteiger partial charge is 0.507 e. The number of nitrogens with two attached hydrogens (primary N) is 1. The van der Waals surface area contributed by atoms with Gasteiger partial charge < -0.3 is 25.2 Å². The molecule has 0 bridgehead atoms. The fourth-order valence-corrected chi connectivity index (χ4v) is 3.94. The molecule has 5 rings (SSSR count). The normalized spacial score (nSPS) is 17.7. The topological polar surface area (TPSA) is 80.8 Å². The Kier molecular flexibility index (Phi) is 4.45. The Morgan fingerprint density at radius 2 is 1.90 bits per heavy atom. The first-order valence-corrected chi connectivity index (χ1v) is 9.86. The number of phenols is 1. The summed E-state index contributed by atoms with van der Waals surface area (Å²) in [6, 6.07) is 14.9. The standard InChI is InChI=1S/C22H20ClN3O3/c23-15-2-3-19(27)17(10-15)18-7-14(9-22(25-18)26-6-5-16(24)11-26)13-1-4-20-21(8-13)29-12-28-20/h1-4,7-10,16,27H,5-6,11-12,24H2. The molecule has 2 aliphatic rings. The second kappa shape index (κ2) is 7.13. The van der Waals surface area contributed by atoms with Crippen LogP contribution in [0.25, 0.3) is 22.4 Å². The number of anilines is 1. The lowest BCUT2D eigenvalue weighted by molar-refractivity contribution is 0.174. The summed E-state index contributed by atoms with van der Waals surface area (Å²) in [6.07, 6.45) is 0.924. The van der Waals surface area contributed by atoms with Gasteiger partial charge in [0.05, 0.1) is 5.69 Å². The third-order valence-corrected chi connectivity index (χ3v) is 5.54. The molecule has 0 saturated carbocycles. The van der Waals surface area contributed by atoms with Crippen molar-refractivity contribution in [3.05, 3.63) is 53.6 Å². The van der Waals surface area contributed by atoms with Crippen molar-refractivity contribution in [3.63, 3.8) is 0 Å². The summed E-state index contributed by atoms with van der Waals surface area (Å²) in [5.41, 5.74) is 9.28. The van der Waals surface area contributed by atoms with Gasteiger partial charge in [0.1, 0.15) is 11.6 Å². The quantitative estimate of drug-likeness (QED) is 0.679. The van der Waals surface area contributed by atoms with Gasteiger partial charge in [0.2, 0.25) is 6.79 Å². The summed E-state index contributed by atoms with van der Waals surface area (Å²) < 4.78 is 11.0. The SMILES string of the molecule is NC1CCN(c2cc(-c3ccc4c(c3)OCO4)cc(-c3cc(Cl)ccc3O)n2)C1. The monoisotopic (exact) mass is 409 g/mol. The van der Waals surface area contributed by atoms with Crippen LogP contribution in [0, 0.1) is 0 Å². The highest BCUT2D eigenvalue weighted by Crippen LogP contribution is 2.39. The van der Waals surface area contributed by atoms with Crippen molar-refractivity contribution in [2.45, 2.75) is 12.5 Å². The van der Waals surface area contributed by atoms with Crippen molar-refractivity contribution in [1.82, 2.24) is 4.98 Å². The molecule has 1 fully saturated rings. The fourth-order valence-electron chi connectivity index (χ4n) is 3.77. The summed E-state index contributed by atoms with van der Waals surface area (Å²) in [6.45, 7) is 1.83. The van der Waals surface area contributed by atoms with E-state index in [0.717, 1.165) is 48.0 Å². The Morgan fingerprint density at radius 1 is 1.03 bits per heavy atom. The Bertz CT molecular complexity index is 1090. The zero-order valence-electron chi connectivity index (χ0n) is 15.6. The Morgan fingerprint density at radius 3 is 2.72 bits per heavy atom. The van der Waals surface area contributed by atoms with E-state index in [1.807, 2.05) is 30.3 Å². The van der Waals surface area contributed by atoms with E-state index in [2.05, 4.69) is 4.90 Å². The number of rotatable bonds is 3. The predicted molar refractivity (Wildman–Crippen MR) is 113 cm³/mol. The summed E-state index contributed by atoms with van der Waals surface area (Å²) in [5.74, 6) is 2.41. The van der Waals surface area contributed by atoms with Crippen molar-refractivity contribution in [1.29, 1.82) is 0 Å². The van der Waals surface area contributed by atoms with Gasteiger partial charge in [0.25, 0.3) is 0 Å². The average molecular weight is 410 g/mol. The lowest BCUT2D eigenvalue weighted by atomic mass is 10.0. The van der Waals surface area contributed by atoms with Crippen molar-refractivity contribution < 1.29 is 14.6 Å². The minimum atomic E-state index is 0.133. The molecule has 3 N–H and O–H groups in total. The van der Waals surface area contributed by atoms with Gasteiger partial charge in [-0.1, -0.05) is 17.7 Å². The van der Waals surface area contributed by atoms with Crippen LogP contribution in [0.5, 0.6) is 17.2 Å². The minimum Gasteiger partial charge on any atom is -0.507 e. The predicted octanol–water partition coefficient (Wildman–Crippen LogP) is 4.04. The molecule has 3 aromatic rings. The summed E-state index contributed by atoms with van der Waals surface area (Å²) in [7, 11) is 0. The van der Waals surface area contributed by atoms with E-state index in [1.54, 1.807) is 18.2 Å². The molecular weight excluding hydrogens is 390 g/mol. The number of nitrogens with zero attached hydrogens (tertiary/aromatic N) is 2. The molecule has 1 unspecified atom stereocenters. The molecule has 6 nitrogen and oxygen atoms in total. The van der Waals surface area contributed by atoms with E-state index in [0.29, 0.717) is 16.3 Å². The maximum atomic E-state index is 10.4. The number of ether oxygens (including phenoxy) is 2. The van der Waals surface area contributed by atoms with Gasteiger partial charge in [0, 0.05) is 29.7 Å². The zero-order chi connectivity index (χ0) is 20.0. The maximum absolute atomic E-state index is 10.4. The number of pyridine rings is 1. The highest BCUT2D eigenvalue weighted by Gasteiger charge is 2.22. The third kappa shape index (κ3) is 3.45. The van der Waals surface area contributed by atoms with Crippen molar-refractivity contribution in [2.75, 3.05) is 24.8 Å². The van der Waals surface area contributed by atoms with Gasteiger partial charge in [-0.15, -0.1) is 0 Å². The molecule has 1 saturated heterocycles. The van der Waals surface area contributed by atoms with Crippen LogP contribution in [0.2, 0.25) is 5.02 Å². The van der Waals surface area contributed by atoms with E-state index in [4.69, 9.17) is 31.8 Å². The molecule has 0 spiro atoms. The van der Waals surface area contributed by atoms with Crippen molar-refractivity contribution in [3.8, 4) is 39.6 Å². The van der Waals surface area contributed by atoms with E-state index >= 15 is 0 Å². The van der Waals surface area contributed by atoms with Gasteiger partial charge in [-0.25, -0.2) is 4.98 Å². The van der Waals surface area contributed by atoms with Crippen LogP contribution in [0.1, 0.15) is 6.42 Å². The second-order valence-corrected chi connectivity index (χ2v) is 7.76. The van der Waals surface area contributed by atoms with Gasteiger partial charge >= 0.3 is 0 Å². The number of hydrogen-bond acceptors (Lipinski definition) is 6. The summed E-state index contributed by atoms with van der Waals surface area (Å²) in [4.78, 5) is 6.99. The maximum Gasteiger partial charge on any atom is 0.231 e. The van der Waals surface area contributed by atoms with Crippen molar-refractivity contribution in [2.24, 2.45) is 5.73 Å². The number of halogens is 1. The van der Waals surface area contributed by atoms with Gasteiger partial charge in [-0.05, 0) is 60.0 Å². The first-order chi connectivity index (χ1) is 14.1. The van der Waals surface area contributed by atoms with E-state index in [-0.39, 0.29) is 18.6 Å². The van der Waals surface area contributed by atoms with Crippen LogP contribution in [0.4, 0.5) is 5.82 Å². The van der Waals surface area contributed by atoms with Crippen LogP contribution < -0.4 is 20.1 Å². The molecule has 2 aliphatic heterocycles. The fraction of sp³-hybridized carbons (Fsp3) is 0.227. The molecule has 148 valence electrons. The van der Waals surface area contributed by atoms with E-state index in [1.165, 1.54) is 0 Å². The van der Waals surface area contributed by atoms with Gasteiger partial charge in [-0.2, -0.15) is 0 Å². The van der Waals surface area contributed by atoms with Crippen LogP contribution >= 0.6 is 11.6 Å². The Balaban J connectivity index is 1.65. The van der Waals surface area contributed by atoms with Crippen molar-refractivity contribution >= 4 is 17.4 Å². The number of aromatic hydroxyl groups is 1. The van der Waals surface area contributed by atoms with Crippen LogP contribution in [0.3, 0.4) is 0 Å². The number of hydrogen-bond donors (Lipinski definition) is 2. The highest BCUT2D eigenvalue weighted by molar-refractivity contribution is 6.31. The summed E-state index contributed by atoms with van der Waals surface area (Å²) in [5, 5.41) is 10.9. The number of aromatic nitrogens is 1. The zero-order valence-corrected chi connectivity index (χ0v) is 16.4. The molecule has 0 aliphatic carbocycles. The highest BCUT2D eigenvalue weighted by atomic mass is 35.5. The summed E-state index contributed by atoms with van der Waals surface area (Å²) >= 11 is 6.18. The van der Waals surface area contributed by atoms with E-state index < -0.39 is 0 Å². The second-order valence-electron chi connectivity index (χ2n) is 7.32. The third-order valence-electron chi connectivity index (χ3n) is 5.30. The lowest BCUT2D eigenvalue weighted by Crippen LogP contribution is -2.26. The molecule has 1 atom stereocenters. The first-order valence-electron chi connectivity index (χ1n) is 9.48. The first kappa shape index (κ1) is 18.1.